The lowest BCUT2D eigenvalue weighted by Gasteiger charge is -2.05. The molecule has 0 saturated heterocycles. The van der Waals surface area contributed by atoms with Crippen molar-refractivity contribution in [2.24, 2.45) is 5.92 Å². The first kappa shape index (κ1) is 15.4. The van der Waals surface area contributed by atoms with Gasteiger partial charge in [-0.25, -0.2) is 0 Å². The van der Waals surface area contributed by atoms with Crippen molar-refractivity contribution >= 4 is 0 Å². The van der Waals surface area contributed by atoms with Crippen LogP contribution in [0, 0.1) is 5.92 Å². The van der Waals surface area contributed by atoms with Crippen molar-refractivity contribution in [2.45, 2.75) is 39.5 Å². The number of unbranched alkanes of at least 4 members (excludes halogenated alkanes) is 1. The highest BCUT2D eigenvalue weighted by atomic mass is 16.3. The molecule has 0 aromatic heterocycles. The zero-order chi connectivity index (χ0) is 10.5. The van der Waals surface area contributed by atoms with Crippen molar-refractivity contribution in [3.8, 4) is 0 Å². The van der Waals surface area contributed by atoms with Gasteiger partial charge in [-0.2, -0.15) is 0 Å². The molecular formula is C10H24O3. The summed E-state index contributed by atoms with van der Waals surface area (Å²) in [7, 11) is 0. The first-order valence-corrected chi connectivity index (χ1v) is 5.05. The lowest BCUT2D eigenvalue weighted by molar-refractivity contribution is 0.186. The SMILES string of the molecule is CCC(C)CCCCO.OCCO. The predicted molar refractivity (Wildman–Crippen MR) is 54.6 cm³/mol. The van der Waals surface area contributed by atoms with E-state index in [1.807, 2.05) is 0 Å². The minimum Gasteiger partial charge on any atom is -0.396 e. The fraction of sp³-hybridized carbons (Fsp3) is 1.00. The Morgan fingerprint density at radius 2 is 1.46 bits per heavy atom. The van der Waals surface area contributed by atoms with Crippen LogP contribution in [0.2, 0.25) is 0 Å². The molecule has 13 heavy (non-hydrogen) atoms. The highest BCUT2D eigenvalue weighted by Gasteiger charge is 1.96. The zero-order valence-electron chi connectivity index (χ0n) is 8.87. The Balaban J connectivity index is 0. The second-order valence-corrected chi connectivity index (χ2v) is 3.18. The van der Waals surface area contributed by atoms with Crippen molar-refractivity contribution in [1.29, 1.82) is 0 Å². The van der Waals surface area contributed by atoms with Crippen molar-refractivity contribution in [1.82, 2.24) is 0 Å². The molecule has 0 rings (SSSR count). The Labute approximate surface area is 81.4 Å². The maximum atomic E-state index is 8.45. The van der Waals surface area contributed by atoms with Gasteiger partial charge >= 0.3 is 0 Å². The first-order chi connectivity index (χ1) is 6.22. The van der Waals surface area contributed by atoms with Crippen LogP contribution in [0.25, 0.3) is 0 Å². The minimum atomic E-state index is -0.125. The third-order valence-corrected chi connectivity index (χ3v) is 1.90. The summed E-state index contributed by atoms with van der Waals surface area (Å²) in [4.78, 5) is 0. The molecule has 0 aliphatic carbocycles. The van der Waals surface area contributed by atoms with E-state index in [0.717, 1.165) is 12.3 Å². The minimum absolute atomic E-state index is 0.125. The van der Waals surface area contributed by atoms with Crippen LogP contribution in [0.5, 0.6) is 0 Å². The van der Waals surface area contributed by atoms with Crippen molar-refractivity contribution in [3.05, 3.63) is 0 Å². The van der Waals surface area contributed by atoms with Gasteiger partial charge in [0.2, 0.25) is 0 Å². The van der Waals surface area contributed by atoms with Gasteiger partial charge in [-0.3, -0.25) is 0 Å². The van der Waals surface area contributed by atoms with Gasteiger partial charge in [0.25, 0.3) is 0 Å². The molecular weight excluding hydrogens is 168 g/mol. The molecule has 0 spiro atoms. The fourth-order valence-corrected chi connectivity index (χ4v) is 0.809. The highest BCUT2D eigenvalue weighted by molar-refractivity contribution is 4.49. The third kappa shape index (κ3) is 18.7. The number of hydrogen-bond donors (Lipinski definition) is 3. The second-order valence-electron chi connectivity index (χ2n) is 3.18. The predicted octanol–water partition coefficient (Wildman–Crippen LogP) is 1.17. The Kier molecular flexibility index (Phi) is 17.0. The Hall–Kier alpha value is -0.120. The van der Waals surface area contributed by atoms with Gasteiger partial charge in [0.15, 0.2) is 0 Å². The van der Waals surface area contributed by atoms with Crippen LogP contribution in [0.1, 0.15) is 39.5 Å². The van der Waals surface area contributed by atoms with Crippen molar-refractivity contribution < 1.29 is 15.3 Å². The molecule has 3 N–H and O–H groups in total. The molecule has 0 saturated carbocycles. The van der Waals surface area contributed by atoms with E-state index >= 15 is 0 Å². The van der Waals surface area contributed by atoms with Crippen LogP contribution < -0.4 is 0 Å². The monoisotopic (exact) mass is 192 g/mol. The molecule has 0 aliphatic rings. The summed E-state index contributed by atoms with van der Waals surface area (Å²) in [5.74, 6) is 0.844. The maximum Gasteiger partial charge on any atom is 0.0662 e. The molecule has 1 atom stereocenters. The van der Waals surface area contributed by atoms with Gasteiger partial charge in [0.05, 0.1) is 13.2 Å². The summed E-state index contributed by atoms with van der Waals surface area (Å²) in [6.45, 7) is 4.58. The molecule has 0 radical (unpaired) electrons. The molecule has 0 fully saturated rings. The Morgan fingerprint density at radius 3 is 1.77 bits per heavy atom. The largest absolute Gasteiger partial charge is 0.396 e. The van der Waals surface area contributed by atoms with E-state index < -0.39 is 0 Å². The molecule has 0 bridgehead atoms. The van der Waals surface area contributed by atoms with Gasteiger partial charge in [-0.1, -0.05) is 33.1 Å². The molecule has 0 aromatic rings. The summed E-state index contributed by atoms with van der Waals surface area (Å²) in [6, 6.07) is 0. The van der Waals surface area contributed by atoms with Crippen LogP contribution in [0.3, 0.4) is 0 Å². The van der Waals surface area contributed by atoms with Crippen LogP contribution >= 0.6 is 0 Å². The summed E-state index contributed by atoms with van der Waals surface area (Å²) in [5.41, 5.74) is 0. The highest BCUT2D eigenvalue weighted by Crippen LogP contribution is 2.09. The quantitative estimate of drug-likeness (QED) is 0.554. The maximum absolute atomic E-state index is 8.45. The Bertz CT molecular complexity index is 74.6. The molecule has 0 heterocycles. The molecule has 0 aromatic carbocycles. The summed E-state index contributed by atoms with van der Waals surface area (Å²) < 4.78 is 0. The van der Waals surface area contributed by atoms with Crippen LogP contribution in [-0.2, 0) is 0 Å². The first-order valence-electron chi connectivity index (χ1n) is 5.05. The van der Waals surface area contributed by atoms with Crippen molar-refractivity contribution in [3.63, 3.8) is 0 Å². The van der Waals surface area contributed by atoms with E-state index in [1.54, 1.807) is 0 Å². The van der Waals surface area contributed by atoms with Gasteiger partial charge in [0, 0.05) is 6.61 Å². The van der Waals surface area contributed by atoms with E-state index in [0.29, 0.717) is 6.61 Å². The molecule has 82 valence electrons. The normalized spacial score (nSPS) is 11.8. The number of aliphatic hydroxyl groups is 3. The average Bonchev–Trinajstić information content (AvgIpc) is 2.18. The number of rotatable bonds is 6. The van der Waals surface area contributed by atoms with Crippen molar-refractivity contribution in [2.75, 3.05) is 19.8 Å². The lowest BCUT2D eigenvalue weighted by atomic mass is 10.0. The van der Waals surface area contributed by atoms with Crippen LogP contribution in [0.4, 0.5) is 0 Å². The molecule has 0 aliphatic heterocycles. The molecule has 3 nitrogen and oxygen atoms in total. The molecule has 3 heteroatoms. The zero-order valence-corrected chi connectivity index (χ0v) is 8.87. The topological polar surface area (TPSA) is 60.7 Å². The van der Waals surface area contributed by atoms with E-state index in [-0.39, 0.29) is 13.2 Å². The number of aliphatic hydroxyl groups excluding tert-OH is 3. The van der Waals surface area contributed by atoms with Gasteiger partial charge in [0.1, 0.15) is 0 Å². The fourth-order valence-electron chi connectivity index (χ4n) is 0.809. The summed E-state index contributed by atoms with van der Waals surface area (Å²) in [5, 5.41) is 23.7. The van der Waals surface area contributed by atoms with E-state index in [4.69, 9.17) is 15.3 Å². The van der Waals surface area contributed by atoms with Gasteiger partial charge < -0.3 is 15.3 Å². The smallest absolute Gasteiger partial charge is 0.0662 e. The third-order valence-electron chi connectivity index (χ3n) is 1.90. The van der Waals surface area contributed by atoms with E-state index in [2.05, 4.69) is 13.8 Å². The van der Waals surface area contributed by atoms with Crippen LogP contribution in [0.15, 0.2) is 0 Å². The average molecular weight is 192 g/mol. The number of hydrogen-bond acceptors (Lipinski definition) is 3. The Morgan fingerprint density at radius 1 is 0.923 bits per heavy atom. The van der Waals surface area contributed by atoms with E-state index in [9.17, 15) is 0 Å². The lowest BCUT2D eigenvalue weighted by Crippen LogP contribution is -1.92. The van der Waals surface area contributed by atoms with E-state index in [1.165, 1.54) is 19.3 Å². The summed E-state index contributed by atoms with van der Waals surface area (Å²) >= 11 is 0. The second kappa shape index (κ2) is 14.4. The molecule has 0 amide bonds. The standard InChI is InChI=1S/C8H18O.C2H6O2/c1-3-8(2)6-4-5-7-9;3-1-2-4/h8-9H,3-7H2,1-2H3;3-4H,1-2H2. The molecule has 1 unspecified atom stereocenters. The van der Waals surface area contributed by atoms with Crippen LogP contribution in [-0.4, -0.2) is 35.1 Å². The van der Waals surface area contributed by atoms with Gasteiger partial charge in [-0.15, -0.1) is 0 Å². The van der Waals surface area contributed by atoms with Gasteiger partial charge in [-0.05, 0) is 12.3 Å². The summed E-state index contributed by atoms with van der Waals surface area (Å²) in [6.07, 6.45) is 4.71.